The smallest absolute Gasteiger partial charge is 0.252 e. The van der Waals surface area contributed by atoms with E-state index < -0.39 is 5.91 Å². The summed E-state index contributed by atoms with van der Waals surface area (Å²) in [5.41, 5.74) is 13.0. The number of amides is 1. The van der Waals surface area contributed by atoms with Crippen LogP contribution in [0, 0.1) is 6.92 Å². The summed E-state index contributed by atoms with van der Waals surface area (Å²) in [6.45, 7) is 1.93. The quantitative estimate of drug-likeness (QED) is 0.727. The molecule has 0 unspecified atom stereocenters. The maximum Gasteiger partial charge on any atom is 0.252 e. The largest absolute Gasteiger partial charge is 0.454 e. The van der Waals surface area contributed by atoms with Crippen molar-refractivity contribution in [3.63, 3.8) is 0 Å². The number of aromatic nitrogens is 1. The minimum Gasteiger partial charge on any atom is -0.454 e. The third-order valence-electron chi connectivity index (χ3n) is 3.00. The zero-order valence-electron chi connectivity index (χ0n) is 11.3. The van der Waals surface area contributed by atoms with Gasteiger partial charge in [-0.15, -0.1) is 11.3 Å². The number of nitrogen functional groups attached to an aromatic ring is 1. The van der Waals surface area contributed by atoms with Crippen molar-refractivity contribution in [3.05, 3.63) is 47.0 Å². The number of carbonyl (C=O) groups is 1. The number of nitrogens with zero attached hydrogens (tertiary/aromatic N) is 1. The summed E-state index contributed by atoms with van der Waals surface area (Å²) in [4.78, 5) is 15.8. The molecule has 6 heteroatoms. The van der Waals surface area contributed by atoms with Gasteiger partial charge in [-0.05, 0) is 25.1 Å². The summed E-state index contributed by atoms with van der Waals surface area (Å²) in [5.74, 6) is 0.291. The number of anilines is 1. The molecule has 0 radical (unpaired) electrons. The van der Waals surface area contributed by atoms with Crippen molar-refractivity contribution in [2.75, 3.05) is 5.73 Å². The molecule has 4 N–H and O–H groups in total. The number of para-hydroxylation sites is 1. The lowest BCUT2D eigenvalue weighted by Crippen LogP contribution is -2.12. The van der Waals surface area contributed by atoms with Crippen molar-refractivity contribution in [2.24, 2.45) is 5.73 Å². The average Bonchev–Trinajstić information content (AvgIpc) is 2.78. The molecule has 0 saturated carbocycles. The van der Waals surface area contributed by atoms with E-state index in [1.807, 2.05) is 13.0 Å². The lowest BCUT2D eigenvalue weighted by molar-refractivity contribution is 0.0998. The van der Waals surface area contributed by atoms with Crippen molar-refractivity contribution >= 4 is 33.1 Å². The molecule has 0 aliphatic heterocycles. The molecule has 1 amide bonds. The van der Waals surface area contributed by atoms with E-state index in [-0.39, 0.29) is 0 Å². The molecule has 5 nitrogen and oxygen atoms in total. The van der Waals surface area contributed by atoms with Crippen molar-refractivity contribution in [3.8, 4) is 11.5 Å². The molecule has 106 valence electrons. The van der Waals surface area contributed by atoms with Crippen LogP contribution in [0.1, 0.15) is 15.4 Å². The molecule has 3 rings (SSSR count). The number of hydrogen-bond donors (Lipinski definition) is 2. The zero-order chi connectivity index (χ0) is 15.0. The van der Waals surface area contributed by atoms with E-state index in [1.165, 1.54) is 0 Å². The van der Waals surface area contributed by atoms with E-state index in [1.54, 1.807) is 41.7 Å². The second-order valence-electron chi connectivity index (χ2n) is 4.55. The van der Waals surface area contributed by atoms with Crippen LogP contribution in [0.25, 0.3) is 10.2 Å². The summed E-state index contributed by atoms with van der Waals surface area (Å²) < 4.78 is 6.76. The van der Waals surface area contributed by atoms with Crippen molar-refractivity contribution in [1.29, 1.82) is 0 Å². The van der Waals surface area contributed by atoms with Crippen LogP contribution in [-0.4, -0.2) is 10.9 Å². The first-order valence-electron chi connectivity index (χ1n) is 6.28. The molecule has 21 heavy (non-hydrogen) atoms. The summed E-state index contributed by atoms with van der Waals surface area (Å²) in [7, 11) is 0. The maximum absolute atomic E-state index is 11.4. The van der Waals surface area contributed by atoms with Crippen LogP contribution >= 0.6 is 11.3 Å². The highest BCUT2D eigenvalue weighted by atomic mass is 32.1. The second kappa shape index (κ2) is 5.06. The van der Waals surface area contributed by atoms with Gasteiger partial charge < -0.3 is 16.2 Å². The van der Waals surface area contributed by atoms with Crippen LogP contribution in [-0.2, 0) is 0 Å². The third kappa shape index (κ3) is 2.53. The number of carbonyl (C=O) groups excluding carboxylic acids is 1. The van der Waals surface area contributed by atoms with Crippen LogP contribution in [0.4, 0.5) is 5.69 Å². The number of benzene rings is 2. The van der Waals surface area contributed by atoms with Crippen LogP contribution in [0.2, 0.25) is 0 Å². The van der Waals surface area contributed by atoms with Gasteiger partial charge >= 0.3 is 0 Å². The molecule has 0 saturated heterocycles. The number of thiazole rings is 1. The Balaban J connectivity index is 2.05. The van der Waals surface area contributed by atoms with E-state index in [2.05, 4.69) is 4.98 Å². The molecule has 3 aromatic rings. The van der Waals surface area contributed by atoms with Crippen molar-refractivity contribution in [1.82, 2.24) is 4.98 Å². The Morgan fingerprint density at radius 3 is 2.76 bits per heavy atom. The standard InChI is InChI=1S/C15H13N3O2S/c1-8-18-11-7-13(10(16)6-14(11)21-8)20-12-5-3-2-4-9(12)15(17)19/h2-7H,16H2,1H3,(H2,17,19). The predicted octanol–water partition coefficient (Wildman–Crippen LogP) is 3.08. The molecular formula is C15H13N3O2S. The van der Waals surface area contributed by atoms with Gasteiger partial charge in [0.2, 0.25) is 0 Å². The first-order chi connectivity index (χ1) is 10.0. The monoisotopic (exact) mass is 299 g/mol. The predicted molar refractivity (Wildman–Crippen MR) is 83.8 cm³/mol. The molecule has 2 aromatic carbocycles. The Kier molecular flexibility index (Phi) is 3.23. The first-order valence-corrected chi connectivity index (χ1v) is 7.09. The first kappa shape index (κ1) is 13.4. The summed E-state index contributed by atoms with van der Waals surface area (Å²) >= 11 is 1.57. The van der Waals surface area contributed by atoms with Gasteiger partial charge in [-0.2, -0.15) is 0 Å². The molecule has 0 spiro atoms. The molecule has 0 atom stereocenters. The minimum atomic E-state index is -0.547. The fraction of sp³-hybridized carbons (Fsp3) is 0.0667. The number of aryl methyl sites for hydroxylation is 1. The Bertz CT molecular complexity index is 842. The van der Waals surface area contributed by atoms with Gasteiger partial charge in [-0.25, -0.2) is 4.98 Å². The molecule has 1 aromatic heterocycles. The average molecular weight is 299 g/mol. The van der Waals surface area contributed by atoms with Gasteiger partial charge in [0.05, 0.1) is 26.5 Å². The number of rotatable bonds is 3. The Labute approximate surface area is 125 Å². The van der Waals surface area contributed by atoms with E-state index >= 15 is 0 Å². The number of primary amides is 1. The lowest BCUT2D eigenvalue weighted by Gasteiger charge is -2.11. The molecule has 0 aliphatic carbocycles. The molecule has 1 heterocycles. The number of hydrogen-bond acceptors (Lipinski definition) is 5. The van der Waals surface area contributed by atoms with E-state index in [0.717, 1.165) is 15.2 Å². The highest BCUT2D eigenvalue weighted by Crippen LogP contribution is 2.34. The van der Waals surface area contributed by atoms with Crippen LogP contribution in [0.3, 0.4) is 0 Å². The molecule has 0 fully saturated rings. The van der Waals surface area contributed by atoms with Gasteiger partial charge in [0, 0.05) is 6.07 Å². The van der Waals surface area contributed by atoms with E-state index in [4.69, 9.17) is 16.2 Å². The van der Waals surface area contributed by atoms with Gasteiger partial charge in [-0.1, -0.05) is 12.1 Å². The topological polar surface area (TPSA) is 91.2 Å². The maximum atomic E-state index is 11.4. The summed E-state index contributed by atoms with van der Waals surface area (Å²) in [5, 5.41) is 0.957. The highest BCUT2D eigenvalue weighted by molar-refractivity contribution is 7.18. The second-order valence-corrected chi connectivity index (χ2v) is 5.79. The number of fused-ring (bicyclic) bond motifs is 1. The Hall–Kier alpha value is -2.60. The SMILES string of the molecule is Cc1nc2cc(Oc3ccccc3C(N)=O)c(N)cc2s1. The third-order valence-corrected chi connectivity index (χ3v) is 3.93. The number of nitrogens with two attached hydrogens (primary N) is 2. The van der Waals surface area contributed by atoms with E-state index in [0.29, 0.717) is 22.7 Å². The molecular weight excluding hydrogens is 286 g/mol. The minimum absolute atomic E-state index is 0.312. The van der Waals surface area contributed by atoms with Gasteiger partial charge in [-0.3, -0.25) is 4.79 Å². The normalized spacial score (nSPS) is 10.7. The van der Waals surface area contributed by atoms with Gasteiger partial charge in [0.25, 0.3) is 5.91 Å². The fourth-order valence-corrected chi connectivity index (χ4v) is 2.91. The summed E-state index contributed by atoms with van der Waals surface area (Å²) in [6.07, 6.45) is 0. The van der Waals surface area contributed by atoms with Crippen LogP contribution < -0.4 is 16.2 Å². The zero-order valence-corrected chi connectivity index (χ0v) is 12.1. The van der Waals surface area contributed by atoms with E-state index in [9.17, 15) is 4.79 Å². The Morgan fingerprint density at radius 1 is 1.24 bits per heavy atom. The van der Waals surface area contributed by atoms with Gasteiger partial charge in [0.1, 0.15) is 5.75 Å². The fourth-order valence-electron chi connectivity index (χ4n) is 2.05. The summed E-state index contributed by atoms with van der Waals surface area (Å²) in [6, 6.07) is 10.4. The number of ether oxygens (including phenoxy) is 1. The Morgan fingerprint density at radius 2 is 2.00 bits per heavy atom. The molecule has 0 bridgehead atoms. The van der Waals surface area contributed by atoms with Crippen molar-refractivity contribution < 1.29 is 9.53 Å². The van der Waals surface area contributed by atoms with Crippen LogP contribution in [0.15, 0.2) is 36.4 Å². The lowest BCUT2D eigenvalue weighted by atomic mass is 10.2. The highest BCUT2D eigenvalue weighted by Gasteiger charge is 2.12. The molecule has 0 aliphatic rings. The van der Waals surface area contributed by atoms with Gasteiger partial charge in [0.15, 0.2) is 5.75 Å². The van der Waals surface area contributed by atoms with Crippen LogP contribution in [0.5, 0.6) is 11.5 Å². The van der Waals surface area contributed by atoms with Crippen molar-refractivity contribution in [2.45, 2.75) is 6.92 Å².